The Morgan fingerprint density at radius 2 is 2.26 bits per heavy atom. The predicted octanol–water partition coefficient (Wildman–Crippen LogP) is 1.92. The number of aromatic nitrogens is 3. The first-order chi connectivity index (χ1) is 12.9. The minimum atomic E-state index is -1.09. The zero-order chi connectivity index (χ0) is 19.4. The highest BCUT2D eigenvalue weighted by atomic mass is 19.1. The van der Waals surface area contributed by atoms with Crippen LogP contribution in [-0.2, 0) is 11.3 Å². The summed E-state index contributed by atoms with van der Waals surface area (Å²) in [6.45, 7) is 5.60. The van der Waals surface area contributed by atoms with Crippen LogP contribution >= 0.6 is 0 Å². The normalized spacial score (nSPS) is 29.8. The van der Waals surface area contributed by atoms with Crippen molar-refractivity contribution in [2.45, 2.75) is 70.8 Å². The molecular weight excluding hydrogens is 347 g/mol. The molecule has 0 bridgehead atoms. The van der Waals surface area contributed by atoms with Gasteiger partial charge in [-0.25, -0.2) is 9.37 Å². The first-order valence-corrected chi connectivity index (χ1v) is 9.80. The Hall–Kier alpha value is -2.01. The second-order valence-electron chi connectivity index (χ2n) is 8.35. The molecule has 2 aliphatic rings. The summed E-state index contributed by atoms with van der Waals surface area (Å²) in [4.78, 5) is 17.8. The number of halogens is 1. The molecule has 0 aromatic carbocycles. The van der Waals surface area contributed by atoms with E-state index in [9.17, 15) is 9.18 Å². The predicted molar refractivity (Wildman–Crippen MR) is 98.2 cm³/mol. The van der Waals surface area contributed by atoms with E-state index in [1.165, 1.54) is 4.90 Å². The van der Waals surface area contributed by atoms with Crippen LogP contribution in [-0.4, -0.2) is 56.9 Å². The Morgan fingerprint density at radius 1 is 1.44 bits per heavy atom. The van der Waals surface area contributed by atoms with Crippen molar-refractivity contribution in [2.75, 3.05) is 13.1 Å². The van der Waals surface area contributed by atoms with Gasteiger partial charge in [-0.1, -0.05) is 13.8 Å². The monoisotopic (exact) mass is 376 g/mol. The van der Waals surface area contributed by atoms with Crippen molar-refractivity contribution in [3.63, 3.8) is 0 Å². The number of carbonyl (C=O) groups is 1. The smallest absolute Gasteiger partial charge is 0.237 e. The molecule has 3 rings (SSSR count). The Bertz CT molecular complexity index is 670. The molecule has 1 aromatic heterocycles. The number of hydrogen-bond donors (Lipinski definition) is 1. The molecule has 8 heteroatoms. The zero-order valence-electron chi connectivity index (χ0n) is 16.1. The van der Waals surface area contributed by atoms with Crippen LogP contribution in [0, 0.1) is 22.7 Å². The number of nitriles is 1. The van der Waals surface area contributed by atoms with Gasteiger partial charge in [0.25, 0.3) is 0 Å². The number of carbonyl (C=O) groups excluding carboxylic acids is 1. The van der Waals surface area contributed by atoms with Crippen LogP contribution in [0.3, 0.4) is 0 Å². The summed E-state index contributed by atoms with van der Waals surface area (Å²) in [5.74, 6) is 0.412. The number of likely N-dealkylation sites (tertiary alicyclic amines) is 1. The fraction of sp³-hybridized carbons (Fsp3) is 0.789. The highest BCUT2D eigenvalue weighted by molar-refractivity contribution is 5.79. The first-order valence-electron chi connectivity index (χ1n) is 9.80. The highest BCUT2D eigenvalue weighted by Crippen LogP contribution is 2.45. The van der Waals surface area contributed by atoms with Crippen molar-refractivity contribution in [3.8, 4) is 6.07 Å². The lowest BCUT2D eigenvalue weighted by atomic mass is 9.77. The molecule has 1 aliphatic heterocycles. The van der Waals surface area contributed by atoms with Gasteiger partial charge in [-0.2, -0.15) is 10.4 Å². The van der Waals surface area contributed by atoms with Crippen molar-refractivity contribution < 1.29 is 9.18 Å². The van der Waals surface area contributed by atoms with Crippen LogP contribution in [0.1, 0.15) is 46.0 Å². The van der Waals surface area contributed by atoms with Crippen LogP contribution in [0.25, 0.3) is 0 Å². The van der Waals surface area contributed by atoms with Gasteiger partial charge >= 0.3 is 0 Å². The molecule has 1 saturated heterocycles. The molecule has 0 spiro atoms. The van der Waals surface area contributed by atoms with Crippen LogP contribution in [0.2, 0.25) is 0 Å². The van der Waals surface area contributed by atoms with E-state index in [0.29, 0.717) is 5.92 Å². The van der Waals surface area contributed by atoms with E-state index < -0.39 is 12.2 Å². The Morgan fingerprint density at radius 3 is 2.96 bits per heavy atom. The molecule has 0 radical (unpaired) electrons. The third kappa shape index (κ3) is 4.46. The Balaban J connectivity index is 1.46. The second kappa shape index (κ2) is 8.34. The average Bonchev–Trinajstić information content (AvgIpc) is 3.33. The minimum absolute atomic E-state index is 0.0394. The van der Waals surface area contributed by atoms with Gasteiger partial charge < -0.3 is 10.2 Å². The third-order valence-corrected chi connectivity index (χ3v) is 6.38. The zero-order valence-corrected chi connectivity index (χ0v) is 16.1. The van der Waals surface area contributed by atoms with Crippen molar-refractivity contribution in [1.29, 1.82) is 5.26 Å². The molecule has 27 heavy (non-hydrogen) atoms. The van der Waals surface area contributed by atoms with E-state index in [1.807, 2.05) is 10.8 Å². The lowest BCUT2D eigenvalue weighted by molar-refractivity contribution is -0.130. The number of nitrogens with zero attached hydrogens (tertiary/aromatic N) is 5. The van der Waals surface area contributed by atoms with Gasteiger partial charge in [0.05, 0.1) is 19.2 Å². The Kier molecular flexibility index (Phi) is 6.10. The maximum Gasteiger partial charge on any atom is 0.237 e. The maximum atomic E-state index is 13.5. The standard InChI is InChI=1S/C19H29FN6O/c1-19(2)14(4-3-7-25-13-22-12-24-25)5-6-17(19)23-10-18(27)26-11-15(20)8-16(26)9-21/h12-17,23H,3-8,10-11H2,1-2H3/t14-,15+,16+,17+/m1/s1. The van der Waals surface area contributed by atoms with Gasteiger partial charge in [0.1, 0.15) is 24.9 Å². The molecule has 2 heterocycles. The van der Waals surface area contributed by atoms with Gasteiger partial charge in [-0.05, 0) is 37.0 Å². The van der Waals surface area contributed by atoms with Crippen LogP contribution in [0.4, 0.5) is 4.39 Å². The molecule has 1 saturated carbocycles. The van der Waals surface area contributed by atoms with Gasteiger partial charge in [0, 0.05) is 19.0 Å². The number of nitrogens with one attached hydrogen (secondary N) is 1. The molecule has 1 aromatic rings. The second-order valence-corrected chi connectivity index (χ2v) is 8.35. The number of aryl methyl sites for hydroxylation is 1. The molecule has 7 nitrogen and oxygen atoms in total. The molecule has 148 valence electrons. The summed E-state index contributed by atoms with van der Waals surface area (Å²) in [5.41, 5.74) is 0.0882. The maximum absolute atomic E-state index is 13.5. The van der Waals surface area contributed by atoms with Crippen LogP contribution in [0.15, 0.2) is 12.7 Å². The molecular formula is C19H29FN6O. The summed E-state index contributed by atoms with van der Waals surface area (Å²) >= 11 is 0. The number of rotatable bonds is 7. The van der Waals surface area contributed by atoms with Gasteiger partial charge in [0.15, 0.2) is 0 Å². The molecule has 0 unspecified atom stereocenters. The fourth-order valence-electron chi connectivity index (χ4n) is 4.62. The van der Waals surface area contributed by atoms with Crippen LogP contribution < -0.4 is 5.32 Å². The largest absolute Gasteiger partial charge is 0.323 e. The number of hydrogen-bond acceptors (Lipinski definition) is 5. The summed E-state index contributed by atoms with van der Waals surface area (Å²) in [5, 5.41) is 16.6. The molecule has 2 fully saturated rings. The van der Waals surface area contributed by atoms with Crippen molar-refractivity contribution in [3.05, 3.63) is 12.7 Å². The van der Waals surface area contributed by atoms with E-state index in [1.54, 1.807) is 12.7 Å². The van der Waals surface area contributed by atoms with E-state index in [0.717, 1.165) is 32.2 Å². The van der Waals surface area contributed by atoms with Crippen molar-refractivity contribution >= 4 is 5.91 Å². The SMILES string of the molecule is CC1(C)[C@H](CCCn2cncn2)CC[C@@H]1NCC(=O)N1C[C@@H](F)C[C@H]1C#N. The lowest BCUT2D eigenvalue weighted by Crippen LogP contribution is -2.47. The van der Waals surface area contributed by atoms with Gasteiger partial charge in [0.2, 0.25) is 5.91 Å². The fourth-order valence-corrected chi connectivity index (χ4v) is 4.62. The van der Waals surface area contributed by atoms with Crippen molar-refractivity contribution in [2.24, 2.45) is 11.3 Å². The summed E-state index contributed by atoms with van der Waals surface area (Å²) in [6, 6.07) is 1.66. The lowest BCUT2D eigenvalue weighted by Gasteiger charge is -2.34. The summed E-state index contributed by atoms with van der Waals surface area (Å²) in [6.07, 6.45) is 6.67. The third-order valence-electron chi connectivity index (χ3n) is 6.38. The van der Waals surface area contributed by atoms with E-state index in [-0.39, 0.29) is 36.9 Å². The summed E-state index contributed by atoms with van der Waals surface area (Å²) in [7, 11) is 0. The van der Waals surface area contributed by atoms with Crippen LogP contribution in [0.5, 0.6) is 0 Å². The minimum Gasteiger partial charge on any atom is -0.323 e. The first kappa shape index (κ1) is 19.7. The van der Waals surface area contributed by atoms with Gasteiger partial charge in [-0.15, -0.1) is 0 Å². The Labute approximate surface area is 159 Å². The molecule has 1 amide bonds. The quantitative estimate of drug-likeness (QED) is 0.786. The molecule has 1 aliphatic carbocycles. The van der Waals surface area contributed by atoms with E-state index in [4.69, 9.17) is 5.26 Å². The van der Waals surface area contributed by atoms with E-state index >= 15 is 0 Å². The van der Waals surface area contributed by atoms with E-state index in [2.05, 4.69) is 29.2 Å². The average molecular weight is 376 g/mol. The number of amides is 1. The topological polar surface area (TPSA) is 86.8 Å². The van der Waals surface area contributed by atoms with Crippen molar-refractivity contribution in [1.82, 2.24) is 25.0 Å². The summed E-state index contributed by atoms with van der Waals surface area (Å²) < 4.78 is 15.4. The molecule has 1 N–H and O–H groups in total. The molecule has 4 atom stereocenters. The number of alkyl halides is 1. The highest BCUT2D eigenvalue weighted by Gasteiger charge is 2.43. The van der Waals surface area contributed by atoms with Gasteiger partial charge in [-0.3, -0.25) is 9.48 Å².